The molecule has 1 heterocycles. The molecule has 0 aliphatic heterocycles. The van der Waals surface area contributed by atoms with Crippen LogP contribution in [-0.2, 0) is 0 Å². The van der Waals surface area contributed by atoms with Gasteiger partial charge in [0.1, 0.15) is 5.82 Å². The van der Waals surface area contributed by atoms with Crippen LogP contribution >= 0.6 is 0 Å². The lowest BCUT2D eigenvalue weighted by Crippen LogP contribution is -1.94. The normalized spacial score (nSPS) is 11.5. The van der Waals surface area contributed by atoms with Crippen LogP contribution in [0.25, 0.3) is 87.9 Å². The molecule has 0 bridgehead atoms. The fraction of sp³-hybridized carbons (Fsp3) is 0. The van der Waals surface area contributed by atoms with Crippen LogP contribution in [0.1, 0.15) is 0 Å². The van der Waals surface area contributed by atoms with Gasteiger partial charge in [0, 0.05) is 23.5 Å². The maximum atomic E-state index is 15.2. The molecule has 0 amide bonds. The quantitative estimate of drug-likeness (QED) is 0.187. The molecule has 3 heteroatoms. The van der Waals surface area contributed by atoms with Gasteiger partial charge in [0.2, 0.25) is 0 Å². The van der Waals surface area contributed by atoms with Crippen molar-refractivity contribution >= 4 is 43.1 Å². The summed E-state index contributed by atoms with van der Waals surface area (Å²) in [6.07, 6.45) is 3.77. The van der Waals surface area contributed by atoms with Crippen molar-refractivity contribution in [2.45, 2.75) is 0 Å². The van der Waals surface area contributed by atoms with E-state index in [9.17, 15) is 0 Å². The van der Waals surface area contributed by atoms with Crippen LogP contribution in [0, 0.1) is 5.82 Å². The summed E-state index contributed by atoms with van der Waals surface area (Å²) in [4.78, 5) is 9.61. The number of hydrogen-bond donors (Lipinski definition) is 0. The number of fused-ring (bicyclic) bond motifs is 4. The molecular formula is C44H27FN2. The minimum Gasteiger partial charge on any atom is -0.236 e. The number of nitrogens with zero attached hydrogens (tertiary/aromatic N) is 2. The largest absolute Gasteiger partial charge is 0.236 e. The molecule has 8 aromatic carbocycles. The van der Waals surface area contributed by atoms with Crippen LogP contribution in [0.2, 0.25) is 0 Å². The summed E-state index contributed by atoms with van der Waals surface area (Å²) in [7, 11) is 0. The highest BCUT2D eigenvalue weighted by Gasteiger charge is 2.19. The van der Waals surface area contributed by atoms with Gasteiger partial charge >= 0.3 is 0 Å². The second-order valence-corrected chi connectivity index (χ2v) is 12.0. The van der Waals surface area contributed by atoms with Gasteiger partial charge in [-0.05, 0) is 101 Å². The van der Waals surface area contributed by atoms with Gasteiger partial charge in [0.25, 0.3) is 0 Å². The van der Waals surface area contributed by atoms with Crippen molar-refractivity contribution in [3.05, 3.63) is 170 Å². The van der Waals surface area contributed by atoms with Gasteiger partial charge in [0.05, 0.1) is 0 Å². The van der Waals surface area contributed by atoms with E-state index in [0.717, 1.165) is 71.3 Å². The lowest BCUT2D eigenvalue weighted by molar-refractivity contribution is 0.630. The van der Waals surface area contributed by atoms with Crippen LogP contribution in [-0.4, -0.2) is 9.97 Å². The molecule has 9 rings (SSSR count). The summed E-state index contributed by atoms with van der Waals surface area (Å²) in [6.45, 7) is 0. The van der Waals surface area contributed by atoms with Crippen molar-refractivity contribution in [2.75, 3.05) is 0 Å². The maximum Gasteiger partial charge on any atom is 0.159 e. The average molecular weight is 603 g/mol. The lowest BCUT2D eigenvalue weighted by atomic mass is 9.84. The lowest BCUT2D eigenvalue weighted by Gasteiger charge is -2.19. The summed E-state index contributed by atoms with van der Waals surface area (Å²) < 4.78 is 15.2. The number of aromatic nitrogens is 2. The Kier molecular flexibility index (Phi) is 6.36. The van der Waals surface area contributed by atoms with Crippen molar-refractivity contribution in [3.63, 3.8) is 0 Å². The van der Waals surface area contributed by atoms with Crippen molar-refractivity contribution in [3.8, 4) is 44.8 Å². The zero-order chi connectivity index (χ0) is 31.3. The highest BCUT2D eigenvalue weighted by molar-refractivity contribution is 6.22. The highest BCUT2D eigenvalue weighted by Crippen LogP contribution is 2.45. The second kappa shape index (κ2) is 11.0. The average Bonchev–Trinajstić information content (AvgIpc) is 3.13. The first-order valence-corrected chi connectivity index (χ1v) is 15.7. The molecule has 0 saturated carbocycles. The molecule has 0 radical (unpaired) electrons. The van der Waals surface area contributed by atoms with Crippen molar-refractivity contribution in [1.82, 2.24) is 9.97 Å². The third kappa shape index (κ3) is 4.72. The molecule has 2 nitrogen and oxygen atoms in total. The molecule has 47 heavy (non-hydrogen) atoms. The molecule has 9 aromatic rings. The van der Waals surface area contributed by atoms with Gasteiger partial charge in [0.15, 0.2) is 5.82 Å². The monoisotopic (exact) mass is 602 g/mol. The van der Waals surface area contributed by atoms with Crippen LogP contribution in [0.3, 0.4) is 0 Å². The molecular weight excluding hydrogens is 575 g/mol. The minimum atomic E-state index is -0.258. The molecule has 1 aromatic heterocycles. The number of benzene rings is 8. The second-order valence-electron chi connectivity index (χ2n) is 12.0. The summed E-state index contributed by atoms with van der Waals surface area (Å²) in [6, 6.07) is 51.6. The molecule has 0 spiro atoms. The molecule has 0 unspecified atom stereocenters. The van der Waals surface area contributed by atoms with E-state index < -0.39 is 0 Å². The summed E-state index contributed by atoms with van der Waals surface area (Å²) >= 11 is 0. The van der Waals surface area contributed by atoms with E-state index >= 15 is 4.39 Å². The molecule has 0 aliphatic rings. The predicted octanol–water partition coefficient (Wildman–Crippen LogP) is 11.9. The predicted molar refractivity (Wildman–Crippen MR) is 194 cm³/mol. The van der Waals surface area contributed by atoms with Gasteiger partial charge < -0.3 is 0 Å². The van der Waals surface area contributed by atoms with Gasteiger partial charge in [-0.15, -0.1) is 0 Å². The molecule has 0 aliphatic carbocycles. The standard InChI is InChI=1S/C44H27FN2/c45-37-19-21-39-41(25-37)43(34-17-15-30-11-5-7-13-32(30)23-34)38-20-18-35(44-46-26-36(27-47-44)28-8-2-1-3-9-28)24-40(38)42(39)33-16-14-29-10-4-6-12-31(29)22-33/h1-27H. The Bertz CT molecular complexity index is 2630. The van der Waals surface area contributed by atoms with Crippen LogP contribution in [0.15, 0.2) is 164 Å². The fourth-order valence-corrected chi connectivity index (χ4v) is 6.91. The Balaban J connectivity index is 1.34. The topological polar surface area (TPSA) is 25.8 Å². The summed E-state index contributed by atoms with van der Waals surface area (Å²) in [5.74, 6) is 0.398. The third-order valence-corrected chi connectivity index (χ3v) is 9.17. The Labute approximate surface area is 271 Å². The number of rotatable bonds is 4. The van der Waals surface area contributed by atoms with E-state index in [1.54, 1.807) is 12.1 Å². The van der Waals surface area contributed by atoms with Crippen molar-refractivity contribution in [1.29, 1.82) is 0 Å². The Morgan fingerprint density at radius 1 is 0.340 bits per heavy atom. The summed E-state index contributed by atoms with van der Waals surface area (Å²) in [5, 5.41) is 8.63. The van der Waals surface area contributed by atoms with Crippen molar-refractivity contribution in [2.24, 2.45) is 0 Å². The molecule has 0 atom stereocenters. The van der Waals surface area contributed by atoms with E-state index in [-0.39, 0.29) is 5.82 Å². The Morgan fingerprint density at radius 2 is 0.851 bits per heavy atom. The number of halogens is 1. The fourth-order valence-electron chi connectivity index (χ4n) is 6.91. The third-order valence-electron chi connectivity index (χ3n) is 9.17. The first-order valence-electron chi connectivity index (χ1n) is 15.7. The molecule has 0 saturated heterocycles. The van der Waals surface area contributed by atoms with Crippen LogP contribution in [0.5, 0.6) is 0 Å². The SMILES string of the molecule is Fc1ccc2c(-c3ccc4ccccc4c3)c3cc(-c4ncc(-c5ccccc5)cn4)ccc3c(-c3ccc4ccccc4c3)c2c1. The zero-order valence-corrected chi connectivity index (χ0v) is 25.4. The molecule has 0 N–H and O–H groups in total. The van der Waals surface area contributed by atoms with E-state index in [0.29, 0.717) is 5.82 Å². The first kappa shape index (κ1) is 27.1. The van der Waals surface area contributed by atoms with Crippen molar-refractivity contribution < 1.29 is 4.39 Å². The van der Waals surface area contributed by atoms with Gasteiger partial charge in [-0.2, -0.15) is 0 Å². The Hall–Kier alpha value is -6.19. The smallest absolute Gasteiger partial charge is 0.159 e. The maximum absolute atomic E-state index is 15.2. The summed E-state index contributed by atoms with van der Waals surface area (Å²) in [5.41, 5.74) is 7.17. The van der Waals surface area contributed by atoms with Gasteiger partial charge in [-0.1, -0.05) is 121 Å². The van der Waals surface area contributed by atoms with E-state index in [4.69, 9.17) is 9.97 Å². The van der Waals surface area contributed by atoms with Gasteiger partial charge in [-0.3, -0.25) is 0 Å². The Morgan fingerprint density at radius 3 is 1.47 bits per heavy atom. The van der Waals surface area contributed by atoms with Crippen LogP contribution < -0.4 is 0 Å². The number of hydrogen-bond acceptors (Lipinski definition) is 2. The first-order chi connectivity index (χ1) is 23.2. The highest BCUT2D eigenvalue weighted by atomic mass is 19.1. The van der Waals surface area contributed by atoms with Crippen LogP contribution in [0.4, 0.5) is 4.39 Å². The zero-order valence-electron chi connectivity index (χ0n) is 25.4. The van der Waals surface area contributed by atoms with Gasteiger partial charge in [-0.25, -0.2) is 14.4 Å². The molecule has 220 valence electrons. The van der Waals surface area contributed by atoms with E-state index in [1.807, 2.05) is 36.7 Å². The minimum absolute atomic E-state index is 0.258. The van der Waals surface area contributed by atoms with E-state index in [1.165, 1.54) is 10.8 Å². The van der Waals surface area contributed by atoms with E-state index in [2.05, 4.69) is 115 Å². The molecule has 0 fully saturated rings.